The Morgan fingerprint density at radius 1 is 1.30 bits per heavy atom. The molecule has 0 radical (unpaired) electrons. The van der Waals surface area contributed by atoms with Gasteiger partial charge in [0.1, 0.15) is 0 Å². The summed E-state index contributed by atoms with van der Waals surface area (Å²) in [6, 6.07) is 12.0. The number of ether oxygens (including phenoxy) is 1. The van der Waals surface area contributed by atoms with Gasteiger partial charge in [0.25, 0.3) is 0 Å². The van der Waals surface area contributed by atoms with Gasteiger partial charge in [-0.25, -0.2) is 0 Å². The number of carbonyl (C=O) groups excluding carboxylic acids is 1. The number of ketones is 1. The smallest absolute Gasteiger partial charge is 0.196 e. The molecule has 1 unspecified atom stereocenters. The first-order valence-corrected chi connectivity index (χ1v) is 6.92. The van der Waals surface area contributed by atoms with Gasteiger partial charge in [0.15, 0.2) is 11.9 Å². The normalized spacial score (nSPS) is 18.1. The largest absolute Gasteiger partial charge is 0.361 e. The molecular formula is C17H14O2S. The van der Waals surface area contributed by atoms with Crippen LogP contribution in [-0.2, 0) is 11.2 Å². The van der Waals surface area contributed by atoms with Crippen LogP contribution in [0.1, 0.15) is 15.9 Å². The Morgan fingerprint density at radius 3 is 2.70 bits per heavy atom. The second-order valence-electron chi connectivity index (χ2n) is 4.87. The minimum atomic E-state index is -0.614. The minimum Gasteiger partial charge on any atom is -0.361 e. The highest BCUT2D eigenvalue weighted by atomic mass is 32.1. The standard InChI is InChI=1S/C17H14O2S/c1-2-7-19-17-15(20)10-13-8-11-5-3-4-6-12(11)9-14(13)16(17)18/h2-6,8-9,17H,1,7,10H2. The van der Waals surface area contributed by atoms with Crippen LogP contribution >= 0.6 is 12.2 Å². The number of rotatable bonds is 3. The number of benzene rings is 2. The molecule has 0 N–H and O–H groups in total. The average Bonchev–Trinajstić information content (AvgIpc) is 2.45. The van der Waals surface area contributed by atoms with E-state index in [1.54, 1.807) is 6.08 Å². The fourth-order valence-electron chi connectivity index (χ4n) is 2.56. The summed E-state index contributed by atoms with van der Waals surface area (Å²) in [7, 11) is 0. The summed E-state index contributed by atoms with van der Waals surface area (Å²) in [6.07, 6.45) is 1.63. The maximum Gasteiger partial charge on any atom is 0.196 e. The summed E-state index contributed by atoms with van der Waals surface area (Å²) >= 11 is 5.34. The molecule has 0 aromatic heterocycles. The lowest BCUT2D eigenvalue weighted by atomic mass is 9.86. The molecule has 20 heavy (non-hydrogen) atoms. The molecule has 1 aliphatic carbocycles. The molecular weight excluding hydrogens is 268 g/mol. The van der Waals surface area contributed by atoms with Crippen LogP contribution in [0.3, 0.4) is 0 Å². The van der Waals surface area contributed by atoms with Crippen molar-refractivity contribution in [3.8, 4) is 0 Å². The monoisotopic (exact) mass is 282 g/mol. The summed E-state index contributed by atoms with van der Waals surface area (Å²) in [5.41, 5.74) is 1.73. The van der Waals surface area contributed by atoms with E-state index in [4.69, 9.17) is 17.0 Å². The SMILES string of the molecule is C=CCOC1C(=O)c2cc3ccccc3cc2CC1=S. The lowest BCUT2D eigenvalue weighted by Gasteiger charge is -2.24. The minimum absolute atomic E-state index is 0.0381. The molecule has 0 bridgehead atoms. The topological polar surface area (TPSA) is 26.3 Å². The Balaban J connectivity index is 2.07. The number of hydrogen-bond acceptors (Lipinski definition) is 3. The van der Waals surface area contributed by atoms with E-state index in [1.807, 2.05) is 30.3 Å². The van der Waals surface area contributed by atoms with Gasteiger partial charge in [0, 0.05) is 16.8 Å². The van der Waals surface area contributed by atoms with E-state index in [0.29, 0.717) is 17.9 Å². The van der Waals surface area contributed by atoms with Crippen LogP contribution in [0.25, 0.3) is 10.8 Å². The summed E-state index contributed by atoms with van der Waals surface area (Å²) in [5.74, 6) is -0.0381. The van der Waals surface area contributed by atoms with Gasteiger partial charge in [0.2, 0.25) is 0 Å². The van der Waals surface area contributed by atoms with E-state index in [1.165, 1.54) is 0 Å². The molecule has 0 saturated carbocycles. The zero-order chi connectivity index (χ0) is 14.1. The number of carbonyl (C=O) groups is 1. The van der Waals surface area contributed by atoms with Crippen LogP contribution < -0.4 is 0 Å². The van der Waals surface area contributed by atoms with E-state index >= 15 is 0 Å². The van der Waals surface area contributed by atoms with Gasteiger partial charge in [-0.1, -0.05) is 48.6 Å². The van der Waals surface area contributed by atoms with Crippen LogP contribution in [-0.4, -0.2) is 23.4 Å². The lowest BCUT2D eigenvalue weighted by molar-refractivity contribution is 0.0685. The van der Waals surface area contributed by atoms with Crippen molar-refractivity contribution in [1.82, 2.24) is 0 Å². The van der Waals surface area contributed by atoms with Crippen molar-refractivity contribution in [3.63, 3.8) is 0 Å². The number of thiocarbonyl (C=S) groups is 1. The molecule has 0 saturated heterocycles. The van der Waals surface area contributed by atoms with Crippen molar-refractivity contribution in [2.45, 2.75) is 12.5 Å². The number of Topliss-reactive ketones (excluding diaryl/α,β-unsaturated/α-hetero) is 1. The van der Waals surface area contributed by atoms with Gasteiger partial charge < -0.3 is 4.74 Å². The predicted octanol–water partition coefficient (Wildman–Crippen LogP) is 3.52. The first-order chi connectivity index (χ1) is 9.70. The molecule has 3 heteroatoms. The molecule has 1 aliphatic rings. The second kappa shape index (κ2) is 5.27. The maximum atomic E-state index is 12.5. The Labute approximate surface area is 123 Å². The molecule has 0 amide bonds. The van der Waals surface area contributed by atoms with Gasteiger partial charge in [-0.3, -0.25) is 4.79 Å². The van der Waals surface area contributed by atoms with Crippen molar-refractivity contribution in [3.05, 3.63) is 60.2 Å². The van der Waals surface area contributed by atoms with Gasteiger partial charge in [0.05, 0.1) is 6.61 Å². The highest BCUT2D eigenvalue weighted by Gasteiger charge is 2.32. The molecule has 2 aromatic rings. The van der Waals surface area contributed by atoms with E-state index in [0.717, 1.165) is 21.9 Å². The Bertz CT molecular complexity index is 718. The summed E-state index contributed by atoms with van der Waals surface area (Å²) < 4.78 is 5.52. The molecule has 3 rings (SSSR count). The number of hydrogen-bond donors (Lipinski definition) is 0. The lowest BCUT2D eigenvalue weighted by Crippen LogP contribution is -2.38. The zero-order valence-electron chi connectivity index (χ0n) is 11.0. The molecule has 0 spiro atoms. The van der Waals surface area contributed by atoms with Crippen molar-refractivity contribution in [1.29, 1.82) is 0 Å². The first kappa shape index (κ1) is 13.2. The summed E-state index contributed by atoms with van der Waals surface area (Å²) in [5, 5.41) is 2.20. The molecule has 0 fully saturated rings. The number of fused-ring (bicyclic) bond motifs is 2. The fraction of sp³-hybridized carbons (Fsp3) is 0.176. The third-order valence-electron chi connectivity index (χ3n) is 3.51. The van der Waals surface area contributed by atoms with Crippen LogP contribution in [0.5, 0.6) is 0 Å². The highest BCUT2D eigenvalue weighted by molar-refractivity contribution is 7.80. The molecule has 1 atom stereocenters. The van der Waals surface area contributed by atoms with E-state index in [2.05, 4.69) is 12.6 Å². The van der Waals surface area contributed by atoms with Crippen LogP contribution in [0.4, 0.5) is 0 Å². The fourth-order valence-corrected chi connectivity index (χ4v) is 2.89. The van der Waals surface area contributed by atoms with Gasteiger partial charge in [-0.2, -0.15) is 0 Å². The van der Waals surface area contributed by atoms with Crippen molar-refractivity contribution in [2.75, 3.05) is 6.61 Å². The third kappa shape index (κ3) is 2.19. The zero-order valence-corrected chi connectivity index (χ0v) is 11.8. The summed E-state index contributed by atoms with van der Waals surface area (Å²) in [4.78, 5) is 13.2. The van der Waals surface area contributed by atoms with Gasteiger partial charge in [-0.15, -0.1) is 6.58 Å². The Morgan fingerprint density at radius 2 is 2.00 bits per heavy atom. The predicted molar refractivity (Wildman–Crippen MR) is 84.5 cm³/mol. The highest BCUT2D eigenvalue weighted by Crippen LogP contribution is 2.27. The van der Waals surface area contributed by atoms with Gasteiger partial charge in [-0.05, 0) is 22.4 Å². The molecule has 2 aromatic carbocycles. The second-order valence-corrected chi connectivity index (χ2v) is 5.39. The van der Waals surface area contributed by atoms with Crippen molar-refractivity contribution in [2.24, 2.45) is 0 Å². The first-order valence-electron chi connectivity index (χ1n) is 6.52. The van der Waals surface area contributed by atoms with E-state index < -0.39 is 6.10 Å². The van der Waals surface area contributed by atoms with Crippen LogP contribution in [0.2, 0.25) is 0 Å². The van der Waals surface area contributed by atoms with Crippen molar-refractivity contribution < 1.29 is 9.53 Å². The molecule has 2 nitrogen and oxygen atoms in total. The van der Waals surface area contributed by atoms with E-state index in [9.17, 15) is 4.79 Å². The maximum absolute atomic E-state index is 12.5. The van der Waals surface area contributed by atoms with Crippen molar-refractivity contribution >= 4 is 33.6 Å². The van der Waals surface area contributed by atoms with Gasteiger partial charge >= 0.3 is 0 Å². The average molecular weight is 282 g/mol. The molecule has 100 valence electrons. The third-order valence-corrected chi connectivity index (χ3v) is 3.87. The van der Waals surface area contributed by atoms with Crippen LogP contribution in [0, 0.1) is 0 Å². The van der Waals surface area contributed by atoms with Crippen LogP contribution in [0.15, 0.2) is 49.1 Å². The molecule has 0 aliphatic heterocycles. The van der Waals surface area contributed by atoms with E-state index in [-0.39, 0.29) is 5.78 Å². The quantitative estimate of drug-likeness (QED) is 0.636. The summed E-state index contributed by atoms with van der Waals surface area (Å²) in [6.45, 7) is 3.93. The molecule has 0 heterocycles. The Kier molecular flexibility index (Phi) is 3.47. The Hall–Kier alpha value is -1.84.